The minimum absolute atomic E-state index is 0.0116. The minimum atomic E-state index is -0.0519. The summed E-state index contributed by atoms with van der Waals surface area (Å²) in [6.07, 6.45) is 0. The van der Waals surface area contributed by atoms with Crippen LogP contribution in [0, 0.1) is 0 Å². The molecular formula is C25H23NO. The quantitative estimate of drug-likeness (QED) is 0.460. The molecule has 0 aliphatic rings. The van der Waals surface area contributed by atoms with Gasteiger partial charge in [-0.1, -0.05) is 87.5 Å². The second-order valence-electron chi connectivity index (χ2n) is 7.95. The molecule has 0 saturated carbocycles. The molecule has 0 unspecified atom stereocenters. The molecule has 0 saturated heterocycles. The summed E-state index contributed by atoms with van der Waals surface area (Å²) in [6, 6.07) is 26.5. The van der Waals surface area contributed by atoms with Gasteiger partial charge >= 0.3 is 0 Å². The molecule has 2 heteroatoms. The Bertz CT molecular complexity index is 1150. The van der Waals surface area contributed by atoms with Gasteiger partial charge < -0.3 is 4.98 Å². The summed E-state index contributed by atoms with van der Waals surface area (Å²) in [4.78, 5) is 16.0. The lowest BCUT2D eigenvalue weighted by Crippen LogP contribution is -2.13. The lowest BCUT2D eigenvalue weighted by atomic mass is 9.84. The van der Waals surface area contributed by atoms with E-state index in [2.05, 4.69) is 50.0 Å². The third-order valence-corrected chi connectivity index (χ3v) is 5.01. The zero-order valence-electron chi connectivity index (χ0n) is 15.9. The molecule has 0 aliphatic carbocycles. The van der Waals surface area contributed by atoms with Gasteiger partial charge in [-0.05, 0) is 39.6 Å². The Balaban J connectivity index is 2.16. The van der Waals surface area contributed by atoms with Gasteiger partial charge in [-0.3, -0.25) is 4.79 Å². The summed E-state index contributed by atoms with van der Waals surface area (Å²) in [6.45, 7) is 6.59. The molecule has 0 spiro atoms. The van der Waals surface area contributed by atoms with Crippen LogP contribution in [0.25, 0.3) is 33.2 Å². The lowest BCUT2D eigenvalue weighted by molar-refractivity contribution is 0.591. The number of pyridine rings is 1. The fourth-order valence-corrected chi connectivity index (χ4v) is 3.52. The van der Waals surface area contributed by atoms with Crippen LogP contribution in [0.15, 0.2) is 83.7 Å². The molecule has 0 bridgehead atoms. The molecule has 27 heavy (non-hydrogen) atoms. The topological polar surface area (TPSA) is 32.9 Å². The first-order chi connectivity index (χ1) is 12.9. The average molecular weight is 353 g/mol. The third-order valence-electron chi connectivity index (χ3n) is 5.01. The molecule has 0 aliphatic heterocycles. The summed E-state index contributed by atoms with van der Waals surface area (Å²) >= 11 is 0. The second kappa shape index (κ2) is 6.55. The van der Waals surface area contributed by atoms with Crippen molar-refractivity contribution in [2.45, 2.75) is 26.2 Å². The highest BCUT2D eigenvalue weighted by molar-refractivity contribution is 6.02. The normalized spacial score (nSPS) is 11.7. The van der Waals surface area contributed by atoms with Crippen molar-refractivity contribution < 1.29 is 0 Å². The van der Waals surface area contributed by atoms with Gasteiger partial charge in [-0.15, -0.1) is 0 Å². The maximum atomic E-state index is 12.9. The van der Waals surface area contributed by atoms with E-state index in [1.807, 2.05) is 54.6 Å². The summed E-state index contributed by atoms with van der Waals surface area (Å²) in [5, 5.41) is 1.72. The van der Waals surface area contributed by atoms with Gasteiger partial charge in [0.15, 0.2) is 0 Å². The van der Waals surface area contributed by atoms with Gasteiger partial charge in [0, 0.05) is 10.9 Å². The van der Waals surface area contributed by atoms with E-state index in [4.69, 9.17) is 0 Å². The molecule has 0 atom stereocenters. The van der Waals surface area contributed by atoms with Crippen LogP contribution < -0.4 is 5.56 Å². The number of hydrogen-bond donors (Lipinski definition) is 1. The molecule has 4 rings (SSSR count). The molecule has 3 aromatic carbocycles. The predicted molar refractivity (Wildman–Crippen MR) is 114 cm³/mol. The van der Waals surface area contributed by atoms with Gasteiger partial charge in [0.1, 0.15) is 0 Å². The zero-order valence-corrected chi connectivity index (χ0v) is 15.9. The van der Waals surface area contributed by atoms with Crippen molar-refractivity contribution in [2.75, 3.05) is 0 Å². The smallest absolute Gasteiger partial charge is 0.256 e. The van der Waals surface area contributed by atoms with Crippen molar-refractivity contribution in [3.8, 4) is 22.4 Å². The molecular weight excluding hydrogens is 330 g/mol. The maximum absolute atomic E-state index is 12.9. The highest BCUT2D eigenvalue weighted by Crippen LogP contribution is 2.37. The first kappa shape index (κ1) is 17.3. The maximum Gasteiger partial charge on any atom is 0.256 e. The van der Waals surface area contributed by atoms with Crippen LogP contribution in [0.4, 0.5) is 0 Å². The predicted octanol–water partition coefficient (Wildman–Crippen LogP) is 6.16. The largest absolute Gasteiger partial charge is 0.321 e. The highest BCUT2D eigenvalue weighted by Gasteiger charge is 2.19. The number of benzene rings is 3. The summed E-state index contributed by atoms with van der Waals surface area (Å²) in [5.74, 6) is 0. The average Bonchev–Trinajstić information content (AvgIpc) is 2.68. The second-order valence-corrected chi connectivity index (χ2v) is 7.95. The van der Waals surface area contributed by atoms with Crippen molar-refractivity contribution in [3.05, 3.63) is 94.8 Å². The molecule has 0 fully saturated rings. The van der Waals surface area contributed by atoms with Crippen LogP contribution in [-0.2, 0) is 5.41 Å². The number of aromatic nitrogens is 1. The van der Waals surface area contributed by atoms with Crippen molar-refractivity contribution >= 4 is 10.8 Å². The van der Waals surface area contributed by atoms with Gasteiger partial charge in [-0.2, -0.15) is 0 Å². The summed E-state index contributed by atoms with van der Waals surface area (Å²) in [5.41, 5.74) is 5.23. The monoisotopic (exact) mass is 353 g/mol. The van der Waals surface area contributed by atoms with Crippen LogP contribution >= 0.6 is 0 Å². The lowest BCUT2D eigenvalue weighted by Gasteiger charge is -2.21. The number of aromatic amines is 1. The van der Waals surface area contributed by atoms with E-state index < -0.39 is 0 Å². The van der Waals surface area contributed by atoms with Crippen LogP contribution in [0.3, 0.4) is 0 Å². The number of nitrogens with one attached hydrogen (secondary N) is 1. The molecule has 0 radical (unpaired) electrons. The van der Waals surface area contributed by atoms with Crippen molar-refractivity contribution in [3.63, 3.8) is 0 Å². The first-order valence-electron chi connectivity index (χ1n) is 9.26. The van der Waals surface area contributed by atoms with Crippen LogP contribution in [0.2, 0.25) is 0 Å². The van der Waals surface area contributed by atoms with Crippen molar-refractivity contribution in [2.24, 2.45) is 0 Å². The Morgan fingerprint density at radius 1 is 0.704 bits per heavy atom. The Kier molecular flexibility index (Phi) is 4.19. The SMILES string of the molecule is CC(C)(C)c1ccc2c(=O)[nH]c(-c3ccccc3)c(-c3ccccc3)c2c1. The Morgan fingerprint density at radius 2 is 1.30 bits per heavy atom. The van der Waals surface area contributed by atoms with Crippen LogP contribution in [0.5, 0.6) is 0 Å². The molecule has 0 amide bonds. The third kappa shape index (κ3) is 3.19. The fourth-order valence-electron chi connectivity index (χ4n) is 3.52. The number of rotatable bonds is 2. The van der Waals surface area contributed by atoms with E-state index in [1.165, 1.54) is 5.56 Å². The Morgan fingerprint density at radius 3 is 1.89 bits per heavy atom. The zero-order chi connectivity index (χ0) is 19.0. The molecule has 1 aromatic heterocycles. The summed E-state index contributed by atoms with van der Waals surface area (Å²) < 4.78 is 0. The minimum Gasteiger partial charge on any atom is -0.321 e. The van der Waals surface area contributed by atoms with E-state index in [-0.39, 0.29) is 11.0 Å². The van der Waals surface area contributed by atoms with Gasteiger partial charge in [-0.25, -0.2) is 0 Å². The van der Waals surface area contributed by atoms with Gasteiger partial charge in [0.25, 0.3) is 5.56 Å². The van der Waals surface area contributed by atoms with E-state index in [0.29, 0.717) is 0 Å². The van der Waals surface area contributed by atoms with E-state index in [9.17, 15) is 4.79 Å². The van der Waals surface area contributed by atoms with Crippen molar-refractivity contribution in [1.82, 2.24) is 4.98 Å². The fraction of sp³-hybridized carbons (Fsp3) is 0.160. The van der Waals surface area contributed by atoms with Crippen molar-refractivity contribution in [1.29, 1.82) is 0 Å². The highest BCUT2D eigenvalue weighted by atomic mass is 16.1. The molecule has 1 N–H and O–H groups in total. The molecule has 4 aromatic rings. The van der Waals surface area contributed by atoms with E-state index >= 15 is 0 Å². The summed E-state index contributed by atoms with van der Waals surface area (Å²) in [7, 11) is 0. The van der Waals surface area contributed by atoms with E-state index in [0.717, 1.165) is 33.2 Å². The van der Waals surface area contributed by atoms with Gasteiger partial charge in [0.2, 0.25) is 0 Å². The van der Waals surface area contributed by atoms with Crippen LogP contribution in [0.1, 0.15) is 26.3 Å². The number of hydrogen-bond acceptors (Lipinski definition) is 1. The Hall–Kier alpha value is -3.13. The Labute approximate surface area is 159 Å². The molecule has 134 valence electrons. The van der Waals surface area contributed by atoms with Crippen LogP contribution in [-0.4, -0.2) is 4.98 Å². The van der Waals surface area contributed by atoms with E-state index in [1.54, 1.807) is 0 Å². The standard InChI is InChI=1S/C25H23NO/c1-25(2,3)19-14-15-20-21(16-19)22(17-10-6-4-7-11-17)23(26-24(20)27)18-12-8-5-9-13-18/h4-16H,1-3H3,(H,26,27). The molecule has 2 nitrogen and oxygen atoms in total. The van der Waals surface area contributed by atoms with Gasteiger partial charge in [0.05, 0.1) is 5.69 Å². The molecule has 1 heterocycles. The first-order valence-corrected chi connectivity index (χ1v) is 9.26. The number of H-pyrrole nitrogens is 1. The number of fused-ring (bicyclic) bond motifs is 1.